The van der Waals surface area contributed by atoms with Gasteiger partial charge in [-0.05, 0) is 19.3 Å². The largest absolute Gasteiger partial charge is 0.345 e. The minimum Gasteiger partial charge on any atom is -0.345 e. The molecule has 2 unspecified atom stereocenters. The molecule has 1 aromatic heterocycles. The van der Waals surface area contributed by atoms with Gasteiger partial charge in [0, 0.05) is 24.5 Å². The van der Waals surface area contributed by atoms with Crippen molar-refractivity contribution < 1.29 is 0 Å². The molecule has 1 aromatic rings. The summed E-state index contributed by atoms with van der Waals surface area (Å²) in [6.07, 6.45) is 1.28. The van der Waals surface area contributed by atoms with Crippen molar-refractivity contribution in [3.63, 3.8) is 0 Å². The number of nitrogens with two attached hydrogens (primary N) is 1. The van der Waals surface area contributed by atoms with Crippen LogP contribution in [0.3, 0.4) is 0 Å². The SMILES string of the molecule is CC1CC(C)N(c2nc(CN)cs2)C1. The summed E-state index contributed by atoms with van der Waals surface area (Å²) in [4.78, 5) is 6.91. The van der Waals surface area contributed by atoms with Crippen molar-refractivity contribution >= 4 is 16.5 Å². The molecule has 0 aliphatic carbocycles. The lowest BCUT2D eigenvalue weighted by Gasteiger charge is -2.19. The Kier molecular flexibility index (Phi) is 2.74. The third-order valence-electron chi connectivity index (χ3n) is 2.78. The van der Waals surface area contributed by atoms with Gasteiger partial charge in [0.15, 0.2) is 5.13 Å². The Labute approximate surface area is 88.9 Å². The molecule has 4 heteroatoms. The molecule has 2 rings (SSSR count). The lowest BCUT2D eigenvalue weighted by molar-refractivity contribution is 0.625. The second-order valence-corrected chi connectivity index (χ2v) is 5.00. The smallest absolute Gasteiger partial charge is 0.185 e. The minimum absolute atomic E-state index is 0.550. The first-order valence-corrected chi connectivity index (χ1v) is 5.99. The maximum Gasteiger partial charge on any atom is 0.185 e. The molecule has 0 aromatic carbocycles. The summed E-state index contributed by atoms with van der Waals surface area (Å²) in [5, 5.41) is 3.20. The molecular weight excluding hydrogens is 194 g/mol. The molecule has 3 nitrogen and oxygen atoms in total. The van der Waals surface area contributed by atoms with E-state index in [0.717, 1.165) is 23.3 Å². The van der Waals surface area contributed by atoms with Crippen molar-refractivity contribution in [2.24, 2.45) is 11.7 Å². The van der Waals surface area contributed by atoms with Gasteiger partial charge < -0.3 is 10.6 Å². The van der Waals surface area contributed by atoms with Gasteiger partial charge in [-0.1, -0.05) is 6.92 Å². The summed E-state index contributed by atoms with van der Waals surface area (Å²) in [6, 6.07) is 0.627. The van der Waals surface area contributed by atoms with Crippen LogP contribution in [0, 0.1) is 5.92 Å². The van der Waals surface area contributed by atoms with Gasteiger partial charge in [0.05, 0.1) is 5.69 Å². The van der Waals surface area contributed by atoms with Crippen LogP contribution in [0.15, 0.2) is 5.38 Å². The van der Waals surface area contributed by atoms with Crippen LogP contribution in [0.1, 0.15) is 26.0 Å². The maximum atomic E-state index is 5.55. The van der Waals surface area contributed by atoms with Gasteiger partial charge in [-0.25, -0.2) is 4.98 Å². The van der Waals surface area contributed by atoms with E-state index in [0.29, 0.717) is 12.6 Å². The normalized spacial score (nSPS) is 27.2. The lowest BCUT2D eigenvalue weighted by atomic mass is 10.1. The van der Waals surface area contributed by atoms with Crippen molar-refractivity contribution in [2.75, 3.05) is 11.4 Å². The summed E-state index contributed by atoms with van der Waals surface area (Å²) in [6.45, 7) is 6.26. The second-order valence-electron chi connectivity index (χ2n) is 4.17. The average molecular weight is 211 g/mol. The van der Waals surface area contributed by atoms with Gasteiger partial charge in [0.2, 0.25) is 0 Å². The molecule has 2 heterocycles. The van der Waals surface area contributed by atoms with E-state index in [4.69, 9.17) is 5.73 Å². The maximum absolute atomic E-state index is 5.55. The summed E-state index contributed by atoms with van der Waals surface area (Å²) >= 11 is 1.71. The highest BCUT2D eigenvalue weighted by molar-refractivity contribution is 7.13. The van der Waals surface area contributed by atoms with Crippen molar-refractivity contribution in [2.45, 2.75) is 32.9 Å². The van der Waals surface area contributed by atoms with Crippen LogP contribution in [0.5, 0.6) is 0 Å². The van der Waals surface area contributed by atoms with Crippen LogP contribution < -0.4 is 10.6 Å². The highest BCUT2D eigenvalue weighted by Gasteiger charge is 2.27. The summed E-state index contributed by atoms with van der Waals surface area (Å²) in [7, 11) is 0. The van der Waals surface area contributed by atoms with E-state index in [2.05, 4.69) is 29.1 Å². The first-order valence-electron chi connectivity index (χ1n) is 5.11. The Balaban J connectivity index is 2.14. The average Bonchev–Trinajstić information content (AvgIpc) is 2.71. The minimum atomic E-state index is 0.550. The Bertz CT molecular complexity index is 310. The molecule has 1 fully saturated rings. The zero-order valence-corrected chi connectivity index (χ0v) is 9.55. The third kappa shape index (κ3) is 1.77. The Morgan fingerprint density at radius 2 is 2.43 bits per heavy atom. The standard InChI is InChI=1S/C10H17N3S/c1-7-3-8(2)13(5-7)10-12-9(4-11)6-14-10/h6-8H,3-5,11H2,1-2H3. The predicted molar refractivity (Wildman–Crippen MR) is 60.6 cm³/mol. The summed E-state index contributed by atoms with van der Waals surface area (Å²) < 4.78 is 0. The van der Waals surface area contributed by atoms with Gasteiger partial charge in [-0.3, -0.25) is 0 Å². The van der Waals surface area contributed by atoms with Crippen LogP contribution in [0.4, 0.5) is 5.13 Å². The molecule has 0 radical (unpaired) electrons. The Hall–Kier alpha value is -0.610. The quantitative estimate of drug-likeness (QED) is 0.811. The molecule has 1 aliphatic rings. The summed E-state index contributed by atoms with van der Waals surface area (Å²) in [5.41, 5.74) is 6.56. The number of aromatic nitrogens is 1. The Morgan fingerprint density at radius 3 is 2.93 bits per heavy atom. The monoisotopic (exact) mass is 211 g/mol. The molecule has 14 heavy (non-hydrogen) atoms. The number of hydrogen-bond acceptors (Lipinski definition) is 4. The van der Waals surface area contributed by atoms with Gasteiger partial charge in [0.25, 0.3) is 0 Å². The fourth-order valence-electron chi connectivity index (χ4n) is 2.09. The molecule has 1 saturated heterocycles. The molecule has 2 N–H and O–H groups in total. The number of anilines is 1. The zero-order chi connectivity index (χ0) is 10.1. The fraction of sp³-hybridized carbons (Fsp3) is 0.700. The van der Waals surface area contributed by atoms with E-state index in [1.165, 1.54) is 6.42 Å². The van der Waals surface area contributed by atoms with Crippen molar-refractivity contribution in [1.29, 1.82) is 0 Å². The zero-order valence-electron chi connectivity index (χ0n) is 8.73. The van der Waals surface area contributed by atoms with Crippen LogP contribution in [-0.2, 0) is 6.54 Å². The van der Waals surface area contributed by atoms with Crippen LogP contribution in [-0.4, -0.2) is 17.6 Å². The molecule has 1 aliphatic heterocycles. The molecule has 2 atom stereocenters. The van der Waals surface area contributed by atoms with E-state index in [-0.39, 0.29) is 0 Å². The first kappa shape index (κ1) is 9.93. The number of thiazole rings is 1. The van der Waals surface area contributed by atoms with Crippen LogP contribution >= 0.6 is 11.3 Å². The van der Waals surface area contributed by atoms with Crippen LogP contribution in [0.2, 0.25) is 0 Å². The molecule has 0 saturated carbocycles. The third-order valence-corrected chi connectivity index (χ3v) is 3.70. The predicted octanol–water partition coefficient (Wildman–Crippen LogP) is 1.84. The second kappa shape index (κ2) is 3.87. The van der Waals surface area contributed by atoms with Gasteiger partial charge in [0.1, 0.15) is 0 Å². The van der Waals surface area contributed by atoms with Gasteiger partial charge in [-0.2, -0.15) is 0 Å². The molecule has 0 amide bonds. The van der Waals surface area contributed by atoms with E-state index in [1.54, 1.807) is 11.3 Å². The van der Waals surface area contributed by atoms with Crippen molar-refractivity contribution in [3.8, 4) is 0 Å². The number of rotatable bonds is 2. The van der Waals surface area contributed by atoms with E-state index in [9.17, 15) is 0 Å². The molecule has 78 valence electrons. The first-order chi connectivity index (χ1) is 6.70. The number of nitrogens with zero attached hydrogens (tertiary/aromatic N) is 2. The van der Waals surface area contributed by atoms with Gasteiger partial charge >= 0.3 is 0 Å². The van der Waals surface area contributed by atoms with Gasteiger partial charge in [-0.15, -0.1) is 11.3 Å². The lowest BCUT2D eigenvalue weighted by Crippen LogP contribution is -2.26. The summed E-state index contributed by atoms with van der Waals surface area (Å²) in [5.74, 6) is 0.787. The van der Waals surface area contributed by atoms with E-state index < -0.39 is 0 Å². The van der Waals surface area contributed by atoms with Crippen molar-refractivity contribution in [1.82, 2.24) is 4.98 Å². The van der Waals surface area contributed by atoms with E-state index in [1.807, 2.05) is 0 Å². The molecular formula is C10H17N3S. The fourth-order valence-corrected chi connectivity index (χ4v) is 3.04. The highest BCUT2D eigenvalue weighted by Crippen LogP contribution is 2.30. The van der Waals surface area contributed by atoms with Crippen molar-refractivity contribution in [3.05, 3.63) is 11.1 Å². The van der Waals surface area contributed by atoms with E-state index >= 15 is 0 Å². The number of hydrogen-bond donors (Lipinski definition) is 1. The molecule has 0 spiro atoms. The highest BCUT2D eigenvalue weighted by atomic mass is 32.1. The Morgan fingerprint density at radius 1 is 1.64 bits per heavy atom. The van der Waals surface area contributed by atoms with Crippen LogP contribution in [0.25, 0.3) is 0 Å². The topological polar surface area (TPSA) is 42.2 Å². The molecule has 0 bridgehead atoms.